The van der Waals surface area contributed by atoms with Crippen LogP contribution in [0, 0.1) is 0 Å². The van der Waals surface area contributed by atoms with Gasteiger partial charge in [0.05, 0.1) is 6.26 Å². The summed E-state index contributed by atoms with van der Waals surface area (Å²) in [7, 11) is 0. The van der Waals surface area contributed by atoms with Crippen LogP contribution in [0.15, 0.2) is 88.9 Å². The molecule has 0 aliphatic heterocycles. The third-order valence-corrected chi connectivity index (χ3v) is 5.05. The smallest absolute Gasteiger partial charge is 0.291 e. The van der Waals surface area contributed by atoms with Crippen LogP contribution in [0.1, 0.15) is 25.8 Å². The van der Waals surface area contributed by atoms with E-state index in [1.54, 1.807) is 65.9 Å². The average molecular weight is 418 g/mol. The molecular formula is C23H18N2O4S. The summed E-state index contributed by atoms with van der Waals surface area (Å²) in [5.41, 5.74) is 1.70. The molecule has 0 spiro atoms. The second-order valence-electron chi connectivity index (χ2n) is 6.36. The third kappa shape index (κ3) is 4.95. The Morgan fingerprint density at radius 3 is 2.30 bits per heavy atom. The molecule has 4 aromatic rings. The van der Waals surface area contributed by atoms with E-state index >= 15 is 0 Å². The number of hydrogen-bond acceptors (Lipinski definition) is 5. The number of thiophene rings is 1. The van der Waals surface area contributed by atoms with Crippen molar-refractivity contribution in [3.63, 3.8) is 0 Å². The Morgan fingerprint density at radius 2 is 1.63 bits per heavy atom. The zero-order valence-corrected chi connectivity index (χ0v) is 16.6. The van der Waals surface area contributed by atoms with Crippen LogP contribution in [0.25, 0.3) is 0 Å². The van der Waals surface area contributed by atoms with Crippen LogP contribution < -0.4 is 15.4 Å². The molecule has 0 saturated carbocycles. The van der Waals surface area contributed by atoms with E-state index in [0.717, 1.165) is 4.88 Å². The lowest BCUT2D eigenvalue weighted by molar-refractivity contribution is 0.0994. The molecule has 0 unspecified atom stereocenters. The van der Waals surface area contributed by atoms with Crippen molar-refractivity contribution >= 4 is 34.5 Å². The molecule has 2 aromatic heterocycles. The molecule has 2 N–H and O–H groups in total. The minimum Gasteiger partial charge on any atom is -0.488 e. The Bertz CT molecular complexity index is 1120. The van der Waals surface area contributed by atoms with Gasteiger partial charge in [0.2, 0.25) is 0 Å². The van der Waals surface area contributed by atoms with Crippen molar-refractivity contribution < 1.29 is 18.7 Å². The van der Waals surface area contributed by atoms with Gasteiger partial charge in [-0.25, -0.2) is 0 Å². The Labute approximate surface area is 177 Å². The highest BCUT2D eigenvalue weighted by molar-refractivity contribution is 7.09. The summed E-state index contributed by atoms with van der Waals surface area (Å²) >= 11 is 1.62. The van der Waals surface area contributed by atoms with Gasteiger partial charge in [-0.2, -0.15) is 0 Å². The second kappa shape index (κ2) is 9.11. The predicted molar refractivity (Wildman–Crippen MR) is 116 cm³/mol. The SMILES string of the molecule is O=C(Nc1ccc(NC(=O)c2ccco2)cc1)c1cccc(OCc2cccs2)c1. The molecule has 6 nitrogen and oxygen atoms in total. The van der Waals surface area contributed by atoms with Gasteiger partial charge >= 0.3 is 0 Å². The lowest BCUT2D eigenvalue weighted by Gasteiger charge is -2.09. The monoisotopic (exact) mass is 418 g/mol. The van der Waals surface area contributed by atoms with Crippen LogP contribution in [-0.2, 0) is 6.61 Å². The van der Waals surface area contributed by atoms with Crippen molar-refractivity contribution in [2.24, 2.45) is 0 Å². The number of carbonyl (C=O) groups excluding carboxylic acids is 2. The van der Waals surface area contributed by atoms with Gasteiger partial charge in [0, 0.05) is 21.8 Å². The lowest BCUT2D eigenvalue weighted by atomic mass is 10.2. The summed E-state index contributed by atoms with van der Waals surface area (Å²) in [5, 5.41) is 7.56. The topological polar surface area (TPSA) is 80.6 Å². The zero-order valence-electron chi connectivity index (χ0n) is 15.8. The van der Waals surface area contributed by atoms with Crippen LogP contribution in [0.5, 0.6) is 5.75 Å². The zero-order chi connectivity index (χ0) is 20.8. The van der Waals surface area contributed by atoms with Gasteiger partial charge in [-0.15, -0.1) is 11.3 Å². The highest BCUT2D eigenvalue weighted by Crippen LogP contribution is 2.19. The summed E-state index contributed by atoms with van der Waals surface area (Å²) in [5.74, 6) is 0.278. The minimum atomic E-state index is -0.337. The van der Waals surface area contributed by atoms with Crippen molar-refractivity contribution in [1.82, 2.24) is 0 Å². The standard InChI is InChI=1S/C23H18N2O4S/c26-22(16-4-1-5-19(14-16)29-15-20-6-3-13-30-20)24-17-8-10-18(11-9-17)25-23(27)21-7-2-12-28-21/h1-14H,15H2,(H,24,26)(H,25,27). The quantitative estimate of drug-likeness (QED) is 0.420. The molecule has 0 radical (unpaired) electrons. The van der Waals surface area contributed by atoms with Gasteiger partial charge in [0.15, 0.2) is 5.76 Å². The lowest BCUT2D eigenvalue weighted by Crippen LogP contribution is -2.13. The molecule has 2 heterocycles. The first-order chi connectivity index (χ1) is 14.7. The van der Waals surface area contributed by atoms with Crippen molar-refractivity contribution in [3.8, 4) is 5.75 Å². The number of ether oxygens (including phenoxy) is 1. The first-order valence-electron chi connectivity index (χ1n) is 9.19. The van der Waals surface area contributed by atoms with Gasteiger partial charge in [0.25, 0.3) is 11.8 Å². The highest BCUT2D eigenvalue weighted by atomic mass is 32.1. The van der Waals surface area contributed by atoms with Gasteiger partial charge in [-0.05, 0) is 66.0 Å². The van der Waals surface area contributed by atoms with Crippen molar-refractivity contribution in [3.05, 3.63) is 101 Å². The second-order valence-corrected chi connectivity index (χ2v) is 7.39. The minimum absolute atomic E-state index is 0.230. The van der Waals surface area contributed by atoms with E-state index in [9.17, 15) is 9.59 Å². The van der Waals surface area contributed by atoms with Gasteiger partial charge in [-0.3, -0.25) is 9.59 Å². The Morgan fingerprint density at radius 1 is 0.867 bits per heavy atom. The number of rotatable bonds is 7. The number of anilines is 2. The number of carbonyl (C=O) groups is 2. The summed E-state index contributed by atoms with van der Waals surface area (Å²) in [6, 6.07) is 21.1. The van der Waals surface area contributed by atoms with E-state index in [0.29, 0.717) is 29.3 Å². The van der Waals surface area contributed by atoms with Crippen LogP contribution >= 0.6 is 11.3 Å². The fourth-order valence-electron chi connectivity index (χ4n) is 2.72. The summed E-state index contributed by atoms with van der Waals surface area (Å²) < 4.78 is 10.8. The highest BCUT2D eigenvalue weighted by Gasteiger charge is 2.10. The number of benzene rings is 2. The summed E-state index contributed by atoms with van der Waals surface area (Å²) in [6.45, 7) is 0.466. The Kier molecular flexibility index (Phi) is 5.91. The molecule has 0 atom stereocenters. The molecule has 0 fully saturated rings. The van der Waals surface area contributed by atoms with E-state index in [4.69, 9.17) is 9.15 Å². The van der Waals surface area contributed by atoms with Crippen LogP contribution in [-0.4, -0.2) is 11.8 Å². The number of furan rings is 1. The Hall–Kier alpha value is -3.84. The molecule has 0 aliphatic carbocycles. The fourth-order valence-corrected chi connectivity index (χ4v) is 3.33. The number of nitrogens with one attached hydrogen (secondary N) is 2. The normalized spacial score (nSPS) is 10.4. The maximum Gasteiger partial charge on any atom is 0.291 e. The van der Waals surface area contributed by atoms with E-state index < -0.39 is 0 Å². The maximum absolute atomic E-state index is 12.6. The predicted octanol–water partition coefficient (Wildman–Crippen LogP) is 5.42. The van der Waals surface area contributed by atoms with Gasteiger partial charge < -0.3 is 19.8 Å². The number of amides is 2. The first-order valence-corrected chi connectivity index (χ1v) is 10.1. The van der Waals surface area contributed by atoms with Gasteiger partial charge in [0.1, 0.15) is 12.4 Å². The molecule has 150 valence electrons. The molecule has 4 rings (SSSR count). The molecule has 2 aromatic carbocycles. The average Bonchev–Trinajstić information content (AvgIpc) is 3.48. The van der Waals surface area contributed by atoms with Crippen LogP contribution in [0.3, 0.4) is 0 Å². The molecule has 0 saturated heterocycles. The van der Waals surface area contributed by atoms with E-state index in [-0.39, 0.29) is 17.6 Å². The molecule has 0 bridgehead atoms. The molecule has 30 heavy (non-hydrogen) atoms. The van der Waals surface area contributed by atoms with Crippen molar-refractivity contribution in [1.29, 1.82) is 0 Å². The number of hydrogen-bond donors (Lipinski definition) is 2. The molecule has 7 heteroatoms. The van der Waals surface area contributed by atoms with E-state index in [2.05, 4.69) is 10.6 Å². The van der Waals surface area contributed by atoms with Crippen molar-refractivity contribution in [2.45, 2.75) is 6.61 Å². The van der Waals surface area contributed by atoms with E-state index in [1.807, 2.05) is 23.6 Å². The van der Waals surface area contributed by atoms with Crippen molar-refractivity contribution in [2.75, 3.05) is 10.6 Å². The third-order valence-electron chi connectivity index (χ3n) is 4.20. The van der Waals surface area contributed by atoms with Crippen LogP contribution in [0.4, 0.5) is 11.4 Å². The molecular weight excluding hydrogens is 400 g/mol. The van der Waals surface area contributed by atoms with E-state index in [1.165, 1.54) is 6.26 Å². The fraction of sp³-hybridized carbons (Fsp3) is 0.0435. The first kappa shape index (κ1) is 19.5. The maximum atomic E-state index is 12.6. The Balaban J connectivity index is 1.35. The van der Waals surface area contributed by atoms with Crippen LogP contribution in [0.2, 0.25) is 0 Å². The summed E-state index contributed by atoms with van der Waals surface area (Å²) in [6.07, 6.45) is 1.44. The molecule has 0 aliphatic rings. The molecule has 2 amide bonds. The largest absolute Gasteiger partial charge is 0.488 e. The van der Waals surface area contributed by atoms with Gasteiger partial charge in [-0.1, -0.05) is 12.1 Å². The summed E-state index contributed by atoms with van der Waals surface area (Å²) in [4.78, 5) is 25.7.